The van der Waals surface area contributed by atoms with E-state index < -0.39 is 0 Å². The molecule has 1 amide bonds. The third kappa shape index (κ3) is 4.34. The van der Waals surface area contributed by atoms with Crippen molar-refractivity contribution in [3.05, 3.63) is 35.5 Å². The van der Waals surface area contributed by atoms with E-state index in [0.29, 0.717) is 27.6 Å². The zero-order valence-electron chi connectivity index (χ0n) is 11.8. The van der Waals surface area contributed by atoms with Crippen LogP contribution >= 0.6 is 8.58 Å². The lowest BCUT2D eigenvalue weighted by Crippen LogP contribution is -2.23. The molecule has 0 bridgehead atoms. The molecule has 2 unspecified atom stereocenters. The summed E-state index contributed by atoms with van der Waals surface area (Å²) in [7, 11) is 0.628. The van der Waals surface area contributed by atoms with Crippen LogP contribution in [0.15, 0.2) is 35.5 Å². The average molecular weight is 288 g/mol. The topological polar surface area (TPSA) is 41.1 Å². The number of nitrogens with one attached hydrogen (secondary N) is 2. The molecule has 106 valence electrons. The van der Waals surface area contributed by atoms with Crippen LogP contribution in [0.4, 0.5) is 0 Å². The van der Waals surface area contributed by atoms with Crippen molar-refractivity contribution in [2.45, 2.75) is 25.3 Å². The van der Waals surface area contributed by atoms with E-state index in [0.717, 1.165) is 19.4 Å². The molecule has 1 heterocycles. The largest absolute Gasteiger partial charge is 0.345 e. The Morgan fingerprint density at radius 1 is 1.55 bits per heavy atom. The number of amides is 1. The van der Waals surface area contributed by atoms with Crippen LogP contribution in [-0.2, 0) is 4.79 Å². The van der Waals surface area contributed by atoms with Crippen LogP contribution in [0.1, 0.15) is 19.3 Å². The number of hydrogen-bond donors (Lipinski definition) is 2. The Labute approximate surface area is 122 Å². The van der Waals surface area contributed by atoms with E-state index in [1.807, 2.05) is 6.66 Å². The summed E-state index contributed by atoms with van der Waals surface area (Å²) < 4.78 is 0. The highest BCUT2D eigenvalue weighted by Crippen LogP contribution is 2.25. The summed E-state index contributed by atoms with van der Waals surface area (Å²) in [6, 6.07) is 0.383. The summed E-state index contributed by atoms with van der Waals surface area (Å²) in [6.07, 6.45) is 11.0. The fourth-order valence-corrected chi connectivity index (χ4v) is 2.72. The summed E-state index contributed by atoms with van der Waals surface area (Å²) >= 11 is 0. The predicted octanol–water partition coefficient (Wildman–Crippen LogP) is 1.94. The number of rotatable bonds is 5. The van der Waals surface area contributed by atoms with Gasteiger partial charge >= 0.3 is 0 Å². The first-order valence-electron chi connectivity index (χ1n) is 7.02. The van der Waals surface area contributed by atoms with E-state index in [4.69, 9.17) is 0 Å². The molecule has 1 aliphatic heterocycles. The van der Waals surface area contributed by atoms with Crippen LogP contribution in [0.3, 0.4) is 0 Å². The molecule has 1 aliphatic carbocycles. The van der Waals surface area contributed by atoms with E-state index >= 15 is 0 Å². The third-order valence-corrected chi connectivity index (χ3v) is 3.87. The van der Waals surface area contributed by atoms with Gasteiger partial charge in [-0.05, 0) is 33.7 Å². The molecule has 2 N–H and O–H groups in total. The molecule has 0 radical (unpaired) electrons. The lowest BCUT2D eigenvalue weighted by molar-refractivity contribution is -0.120. The quantitative estimate of drug-likeness (QED) is 0.599. The lowest BCUT2D eigenvalue weighted by atomic mass is 9.98. The number of carbonyl (C=O) groups is 1. The molecule has 0 aromatic heterocycles. The Balaban J connectivity index is 1.70. The van der Waals surface area contributed by atoms with Crippen molar-refractivity contribution in [2.75, 3.05) is 19.8 Å². The van der Waals surface area contributed by atoms with Crippen molar-refractivity contribution in [3.8, 4) is 11.6 Å². The minimum Gasteiger partial charge on any atom is -0.345 e. The van der Waals surface area contributed by atoms with Gasteiger partial charge in [0.2, 0.25) is 5.91 Å². The average Bonchev–Trinajstić information content (AvgIpc) is 2.87. The van der Waals surface area contributed by atoms with Crippen LogP contribution in [0.2, 0.25) is 0 Å². The second kappa shape index (κ2) is 8.04. The summed E-state index contributed by atoms with van der Waals surface area (Å²) in [6.45, 7) is 3.45. The SMILES string of the molecule is CPC#CCNC(=O)CCCC1=C2C=CC=CC2NC1. The molecule has 20 heavy (non-hydrogen) atoms. The van der Waals surface area contributed by atoms with Crippen molar-refractivity contribution in [3.63, 3.8) is 0 Å². The summed E-state index contributed by atoms with van der Waals surface area (Å²) in [5.74, 6) is 3.03. The Morgan fingerprint density at radius 3 is 3.30 bits per heavy atom. The van der Waals surface area contributed by atoms with Gasteiger partial charge in [0.25, 0.3) is 0 Å². The highest BCUT2D eigenvalue weighted by Gasteiger charge is 2.21. The second-order valence-electron chi connectivity index (χ2n) is 4.84. The van der Waals surface area contributed by atoms with Gasteiger partial charge in [-0.25, -0.2) is 0 Å². The highest BCUT2D eigenvalue weighted by atomic mass is 31.1. The predicted molar refractivity (Wildman–Crippen MR) is 86.0 cm³/mol. The van der Waals surface area contributed by atoms with Crippen LogP contribution in [0.25, 0.3) is 0 Å². The monoisotopic (exact) mass is 288 g/mol. The van der Waals surface area contributed by atoms with Crippen molar-refractivity contribution in [2.24, 2.45) is 0 Å². The molecule has 0 saturated carbocycles. The molecule has 2 atom stereocenters. The Hall–Kier alpha value is -1.36. The summed E-state index contributed by atoms with van der Waals surface area (Å²) in [5, 5.41) is 6.30. The van der Waals surface area contributed by atoms with Gasteiger partial charge in [-0.15, -0.1) is 0 Å². The smallest absolute Gasteiger partial charge is 0.220 e. The summed E-state index contributed by atoms with van der Waals surface area (Å²) in [4.78, 5) is 11.6. The van der Waals surface area contributed by atoms with Gasteiger partial charge < -0.3 is 10.6 Å². The summed E-state index contributed by atoms with van der Waals surface area (Å²) in [5.41, 5.74) is 5.80. The Bertz CT molecular complexity index is 508. The van der Waals surface area contributed by atoms with Crippen molar-refractivity contribution < 1.29 is 4.79 Å². The zero-order chi connectivity index (χ0) is 14.2. The molecular formula is C16H21N2OP. The molecule has 0 saturated heterocycles. The zero-order valence-corrected chi connectivity index (χ0v) is 12.8. The normalized spacial score (nSPS) is 20.1. The molecule has 0 aromatic rings. The Morgan fingerprint density at radius 2 is 2.45 bits per heavy atom. The molecule has 3 nitrogen and oxygen atoms in total. The molecular weight excluding hydrogens is 267 g/mol. The van der Waals surface area contributed by atoms with E-state index in [1.54, 1.807) is 0 Å². The number of allylic oxidation sites excluding steroid dienone is 2. The van der Waals surface area contributed by atoms with Crippen molar-refractivity contribution >= 4 is 14.5 Å². The first-order valence-corrected chi connectivity index (χ1v) is 8.52. The number of fused-ring (bicyclic) bond motifs is 1. The van der Waals surface area contributed by atoms with E-state index in [-0.39, 0.29) is 5.91 Å². The highest BCUT2D eigenvalue weighted by molar-refractivity contribution is 7.43. The maximum absolute atomic E-state index is 11.6. The fourth-order valence-electron chi connectivity index (χ4n) is 2.45. The molecule has 0 aromatic carbocycles. The minimum absolute atomic E-state index is 0.103. The molecule has 2 rings (SSSR count). The van der Waals surface area contributed by atoms with Crippen molar-refractivity contribution in [1.29, 1.82) is 0 Å². The van der Waals surface area contributed by atoms with Crippen LogP contribution in [-0.4, -0.2) is 31.7 Å². The van der Waals surface area contributed by atoms with Gasteiger partial charge in [0.1, 0.15) is 0 Å². The Kier molecular flexibility index (Phi) is 6.05. The van der Waals surface area contributed by atoms with Crippen LogP contribution in [0.5, 0.6) is 0 Å². The van der Waals surface area contributed by atoms with Gasteiger partial charge in [-0.1, -0.05) is 41.5 Å². The van der Waals surface area contributed by atoms with Crippen molar-refractivity contribution in [1.82, 2.24) is 10.6 Å². The van der Waals surface area contributed by atoms with Gasteiger partial charge in [0.15, 0.2) is 0 Å². The third-order valence-electron chi connectivity index (χ3n) is 3.44. The number of hydrogen-bond acceptors (Lipinski definition) is 2. The van der Waals surface area contributed by atoms with Gasteiger partial charge in [0.05, 0.1) is 12.6 Å². The molecule has 2 aliphatic rings. The first kappa shape index (κ1) is 15.0. The maximum Gasteiger partial charge on any atom is 0.220 e. The molecule has 0 spiro atoms. The van der Waals surface area contributed by atoms with Crippen LogP contribution < -0.4 is 10.6 Å². The van der Waals surface area contributed by atoms with Gasteiger partial charge in [-0.3, -0.25) is 4.79 Å². The van der Waals surface area contributed by atoms with E-state index in [9.17, 15) is 4.79 Å². The standard InChI is InChI=1S/C16H21N2OP/c1-20-11-5-10-17-16(19)9-4-6-13-12-18-15-8-3-2-7-14(13)15/h2-3,7-8,15,18,20H,4,6,9-10,12H2,1H3,(H,17,19). The van der Waals surface area contributed by atoms with E-state index in [2.05, 4.69) is 46.5 Å². The lowest BCUT2D eigenvalue weighted by Gasteiger charge is -2.10. The first-order chi connectivity index (χ1) is 9.81. The van der Waals surface area contributed by atoms with Crippen LogP contribution in [0, 0.1) is 11.6 Å². The molecule has 4 heteroatoms. The number of carbonyl (C=O) groups excluding carboxylic acids is 1. The fraction of sp³-hybridized carbons (Fsp3) is 0.438. The minimum atomic E-state index is 0.103. The van der Waals surface area contributed by atoms with Gasteiger partial charge in [0, 0.05) is 13.0 Å². The second-order valence-corrected chi connectivity index (χ2v) is 5.59. The molecule has 0 fully saturated rings. The maximum atomic E-state index is 11.6. The van der Waals surface area contributed by atoms with Gasteiger partial charge in [-0.2, -0.15) is 0 Å². The van der Waals surface area contributed by atoms with E-state index in [1.165, 1.54) is 11.1 Å².